The molecule has 186 valence electrons. The predicted octanol–water partition coefficient (Wildman–Crippen LogP) is 3.32. The summed E-state index contributed by atoms with van der Waals surface area (Å²) >= 11 is 0. The van der Waals surface area contributed by atoms with Crippen LogP contribution in [0.2, 0.25) is 0 Å². The number of carbonyl (C=O) groups excluding carboxylic acids is 1. The molecule has 1 aromatic heterocycles. The number of carbonyl (C=O) groups is 1. The highest BCUT2D eigenvalue weighted by atomic mass is 16.2. The van der Waals surface area contributed by atoms with Gasteiger partial charge in [-0.1, -0.05) is 50.6 Å². The molecule has 0 spiro atoms. The summed E-state index contributed by atoms with van der Waals surface area (Å²) in [5.41, 5.74) is 6.60. The molecule has 8 heteroatoms. The molecule has 3 N–H and O–H groups in total. The lowest BCUT2D eigenvalue weighted by Gasteiger charge is -2.35. The van der Waals surface area contributed by atoms with Crippen molar-refractivity contribution in [2.24, 2.45) is 0 Å². The van der Waals surface area contributed by atoms with Crippen LogP contribution in [-0.4, -0.2) is 46.5 Å². The highest BCUT2D eigenvalue weighted by Crippen LogP contribution is 2.34. The van der Waals surface area contributed by atoms with Gasteiger partial charge in [0.25, 0.3) is 5.56 Å². The van der Waals surface area contributed by atoms with E-state index < -0.39 is 11.2 Å². The molecule has 1 aliphatic carbocycles. The summed E-state index contributed by atoms with van der Waals surface area (Å²) in [5.74, 6) is 0.465. The number of nitrogen functional groups attached to an aromatic ring is 1. The molecule has 1 amide bonds. The number of rotatable bonds is 10. The van der Waals surface area contributed by atoms with Crippen LogP contribution in [0, 0.1) is 0 Å². The van der Waals surface area contributed by atoms with Crippen LogP contribution < -0.4 is 21.9 Å². The Hall–Kier alpha value is -2.87. The van der Waals surface area contributed by atoms with Gasteiger partial charge in [0.15, 0.2) is 5.69 Å². The number of H-pyrrole nitrogens is 1. The van der Waals surface area contributed by atoms with Gasteiger partial charge in [-0.3, -0.25) is 24.0 Å². The van der Waals surface area contributed by atoms with Crippen molar-refractivity contribution in [3.05, 3.63) is 56.7 Å². The summed E-state index contributed by atoms with van der Waals surface area (Å²) in [7, 11) is 1.98. The molecular weight excluding hydrogens is 430 g/mol. The van der Waals surface area contributed by atoms with E-state index in [1.165, 1.54) is 15.0 Å². The summed E-state index contributed by atoms with van der Waals surface area (Å²) in [4.78, 5) is 44.3. The first-order valence-electron chi connectivity index (χ1n) is 12.5. The number of aromatic amines is 1. The van der Waals surface area contributed by atoms with Gasteiger partial charge in [0, 0.05) is 19.1 Å². The second-order valence-electron chi connectivity index (χ2n) is 9.37. The van der Waals surface area contributed by atoms with Crippen molar-refractivity contribution in [2.75, 3.05) is 30.8 Å². The quantitative estimate of drug-likeness (QED) is 0.555. The largest absolute Gasteiger partial charge is 0.383 e. The van der Waals surface area contributed by atoms with Crippen LogP contribution in [0.3, 0.4) is 0 Å². The number of benzene rings is 1. The van der Waals surface area contributed by atoms with Crippen molar-refractivity contribution in [1.82, 2.24) is 14.5 Å². The van der Waals surface area contributed by atoms with Crippen LogP contribution in [0.5, 0.6) is 0 Å². The third-order valence-corrected chi connectivity index (χ3v) is 6.94. The van der Waals surface area contributed by atoms with Crippen molar-refractivity contribution in [3.63, 3.8) is 0 Å². The van der Waals surface area contributed by atoms with Gasteiger partial charge in [0.05, 0.1) is 6.54 Å². The van der Waals surface area contributed by atoms with Gasteiger partial charge in [-0.2, -0.15) is 0 Å². The molecule has 3 rings (SSSR count). The van der Waals surface area contributed by atoms with Crippen LogP contribution in [-0.2, 0) is 11.3 Å². The van der Waals surface area contributed by atoms with Gasteiger partial charge in [0.2, 0.25) is 5.91 Å². The van der Waals surface area contributed by atoms with Gasteiger partial charge in [-0.05, 0) is 57.1 Å². The molecule has 0 saturated heterocycles. The number of anilines is 2. The first-order chi connectivity index (χ1) is 16.4. The lowest BCUT2D eigenvalue weighted by atomic mass is 9.81. The first kappa shape index (κ1) is 25.7. The Balaban J connectivity index is 1.73. The van der Waals surface area contributed by atoms with Crippen LogP contribution in [0.1, 0.15) is 70.3 Å². The van der Waals surface area contributed by atoms with E-state index in [4.69, 9.17) is 5.73 Å². The minimum absolute atomic E-state index is 0.0612. The number of aromatic nitrogens is 2. The number of nitrogens with one attached hydrogen (secondary N) is 1. The molecule has 8 nitrogen and oxygen atoms in total. The molecule has 1 fully saturated rings. The van der Waals surface area contributed by atoms with E-state index in [0.29, 0.717) is 31.5 Å². The molecule has 0 radical (unpaired) electrons. The van der Waals surface area contributed by atoms with Gasteiger partial charge in [-0.25, -0.2) is 4.79 Å². The molecule has 0 unspecified atom stereocenters. The predicted molar refractivity (Wildman–Crippen MR) is 137 cm³/mol. The Morgan fingerprint density at radius 2 is 1.76 bits per heavy atom. The zero-order chi connectivity index (χ0) is 24.7. The maximum Gasteiger partial charge on any atom is 0.330 e. The number of amides is 1. The van der Waals surface area contributed by atoms with E-state index in [1.807, 2.05) is 27.0 Å². The highest BCUT2D eigenvalue weighted by Gasteiger charge is 2.29. The van der Waals surface area contributed by atoms with Gasteiger partial charge >= 0.3 is 5.69 Å². The second kappa shape index (κ2) is 12.0. The molecule has 34 heavy (non-hydrogen) atoms. The van der Waals surface area contributed by atoms with Crippen LogP contribution in [0.4, 0.5) is 11.5 Å². The first-order valence-corrected chi connectivity index (χ1v) is 12.5. The molecule has 1 heterocycles. The fourth-order valence-electron chi connectivity index (χ4n) is 4.96. The summed E-state index contributed by atoms with van der Waals surface area (Å²) < 4.78 is 1.34. The van der Waals surface area contributed by atoms with E-state index in [9.17, 15) is 14.4 Å². The standard InChI is InChI=1S/C26H39N5O3/c1-4-6-17-30(23-24(27)31(16-5-2)26(34)28-25(23)33)22(32)18-29(3)21-14-12-20(13-15-21)19-10-8-7-9-11-19/h7-11,20-21H,4-6,12-18,27H2,1-3H3,(H,28,33,34). The fraction of sp³-hybridized carbons (Fsp3) is 0.577. The Bertz CT molecular complexity index is 1050. The summed E-state index contributed by atoms with van der Waals surface area (Å²) in [5, 5.41) is 0. The smallest absolute Gasteiger partial charge is 0.330 e. The monoisotopic (exact) mass is 469 g/mol. The van der Waals surface area contributed by atoms with Gasteiger partial charge in [0.1, 0.15) is 5.82 Å². The molecule has 1 aromatic carbocycles. The molecule has 1 aliphatic rings. The third kappa shape index (κ3) is 5.97. The Kier molecular flexibility index (Phi) is 9.10. The van der Waals surface area contributed by atoms with Crippen molar-refractivity contribution in [3.8, 4) is 0 Å². The lowest BCUT2D eigenvalue weighted by Crippen LogP contribution is -2.47. The number of nitrogens with zero attached hydrogens (tertiary/aromatic N) is 3. The van der Waals surface area contributed by atoms with Gasteiger partial charge < -0.3 is 10.6 Å². The number of unbranched alkanes of at least 4 members (excludes halogenated alkanes) is 1. The molecule has 1 saturated carbocycles. The van der Waals surface area contributed by atoms with Crippen LogP contribution in [0.25, 0.3) is 0 Å². The van der Waals surface area contributed by atoms with E-state index in [-0.39, 0.29) is 24.0 Å². The fourth-order valence-corrected chi connectivity index (χ4v) is 4.96. The Morgan fingerprint density at radius 3 is 2.38 bits per heavy atom. The van der Waals surface area contributed by atoms with Crippen molar-refractivity contribution < 1.29 is 4.79 Å². The number of hydrogen-bond acceptors (Lipinski definition) is 5. The Labute approximate surface area is 201 Å². The average Bonchev–Trinajstić information content (AvgIpc) is 2.84. The highest BCUT2D eigenvalue weighted by molar-refractivity contribution is 5.96. The maximum atomic E-state index is 13.4. The Morgan fingerprint density at radius 1 is 1.09 bits per heavy atom. The minimum Gasteiger partial charge on any atom is -0.383 e. The molecule has 0 bridgehead atoms. The summed E-state index contributed by atoms with van der Waals surface area (Å²) in [6, 6.07) is 10.9. The molecule has 0 aliphatic heterocycles. The molecule has 2 aromatic rings. The van der Waals surface area contributed by atoms with E-state index >= 15 is 0 Å². The maximum absolute atomic E-state index is 13.4. The van der Waals surface area contributed by atoms with Crippen molar-refractivity contribution in [1.29, 1.82) is 0 Å². The summed E-state index contributed by atoms with van der Waals surface area (Å²) in [6.45, 7) is 4.94. The molecular formula is C26H39N5O3. The van der Waals surface area contributed by atoms with E-state index in [0.717, 1.165) is 38.5 Å². The van der Waals surface area contributed by atoms with E-state index in [1.54, 1.807) is 0 Å². The minimum atomic E-state index is -0.606. The molecule has 0 atom stereocenters. The topological polar surface area (TPSA) is 104 Å². The van der Waals surface area contributed by atoms with Crippen molar-refractivity contribution in [2.45, 2.75) is 77.3 Å². The lowest BCUT2D eigenvalue weighted by molar-refractivity contribution is -0.120. The van der Waals surface area contributed by atoms with Crippen molar-refractivity contribution >= 4 is 17.4 Å². The van der Waals surface area contributed by atoms with E-state index in [2.05, 4.69) is 34.1 Å². The zero-order valence-corrected chi connectivity index (χ0v) is 20.8. The van der Waals surface area contributed by atoms with Crippen LogP contribution in [0.15, 0.2) is 39.9 Å². The average molecular weight is 470 g/mol. The van der Waals surface area contributed by atoms with Gasteiger partial charge in [-0.15, -0.1) is 0 Å². The summed E-state index contributed by atoms with van der Waals surface area (Å²) in [6.07, 6.45) is 6.55. The number of nitrogens with two attached hydrogens (primary N) is 1. The van der Waals surface area contributed by atoms with Crippen LogP contribution >= 0.6 is 0 Å². The number of likely N-dealkylation sites (N-methyl/N-ethyl adjacent to an activating group) is 1. The number of hydrogen-bond donors (Lipinski definition) is 2. The third-order valence-electron chi connectivity index (χ3n) is 6.94. The second-order valence-corrected chi connectivity index (χ2v) is 9.37. The zero-order valence-electron chi connectivity index (χ0n) is 20.8. The SMILES string of the molecule is CCCCN(C(=O)CN(C)C1CCC(c2ccccc2)CC1)c1c(N)n(CCC)c(=O)[nH]c1=O. The normalized spacial score (nSPS) is 18.2.